The molecule has 0 aliphatic heterocycles. The molecule has 1 atom stereocenters. The van der Waals surface area contributed by atoms with Gasteiger partial charge in [0.15, 0.2) is 0 Å². The van der Waals surface area contributed by atoms with Gasteiger partial charge in [-0.25, -0.2) is 4.98 Å². The largest absolute Gasteiger partial charge is 0.360 e. The smallest absolute Gasteiger partial charge is 0.202 e. The fourth-order valence-electron chi connectivity index (χ4n) is 1.28. The van der Waals surface area contributed by atoms with Crippen molar-refractivity contribution in [1.82, 2.24) is 9.36 Å². The van der Waals surface area contributed by atoms with Gasteiger partial charge in [0.1, 0.15) is 5.82 Å². The first kappa shape index (κ1) is 11.0. The van der Waals surface area contributed by atoms with E-state index in [1.807, 2.05) is 0 Å². The number of rotatable bonds is 6. The second-order valence-corrected chi connectivity index (χ2v) is 6.10. The molecule has 6 heteroatoms. The molecule has 0 saturated heterocycles. The van der Waals surface area contributed by atoms with Gasteiger partial charge >= 0.3 is 0 Å². The van der Waals surface area contributed by atoms with Crippen molar-refractivity contribution >= 4 is 27.5 Å². The van der Waals surface area contributed by atoms with E-state index in [0.717, 1.165) is 29.7 Å². The van der Waals surface area contributed by atoms with Gasteiger partial charge in [0.2, 0.25) is 5.13 Å². The Morgan fingerprint density at radius 3 is 3.07 bits per heavy atom. The third-order valence-electron chi connectivity index (χ3n) is 2.27. The Morgan fingerprint density at radius 2 is 2.40 bits per heavy atom. The number of aromatic nitrogens is 2. The molecule has 0 bridgehead atoms. The van der Waals surface area contributed by atoms with Crippen LogP contribution in [0.25, 0.3) is 0 Å². The molecule has 0 radical (unpaired) electrons. The monoisotopic (exact) mass is 245 g/mol. The van der Waals surface area contributed by atoms with Crippen LogP contribution in [0.3, 0.4) is 0 Å². The summed E-state index contributed by atoms with van der Waals surface area (Å²) in [5.41, 5.74) is 0. The molecular weight excluding hydrogens is 230 g/mol. The summed E-state index contributed by atoms with van der Waals surface area (Å²) in [5.74, 6) is 2.38. The predicted molar refractivity (Wildman–Crippen MR) is 63.9 cm³/mol. The van der Waals surface area contributed by atoms with Crippen LogP contribution >= 0.6 is 11.5 Å². The zero-order chi connectivity index (χ0) is 10.7. The van der Waals surface area contributed by atoms with Gasteiger partial charge < -0.3 is 5.32 Å². The van der Waals surface area contributed by atoms with Crippen LogP contribution in [-0.2, 0) is 10.8 Å². The molecule has 1 aliphatic rings. The Bertz CT molecular complexity index is 349. The van der Waals surface area contributed by atoms with E-state index < -0.39 is 10.8 Å². The van der Waals surface area contributed by atoms with Crippen molar-refractivity contribution < 1.29 is 4.21 Å². The van der Waals surface area contributed by atoms with Gasteiger partial charge in [0.25, 0.3) is 0 Å². The summed E-state index contributed by atoms with van der Waals surface area (Å²) < 4.78 is 15.1. The molecule has 1 aliphatic carbocycles. The highest BCUT2D eigenvalue weighted by Gasteiger charge is 2.27. The molecule has 1 fully saturated rings. The SMILES string of the molecule is CS(=O)CCCNc1nc(C2CC2)ns1. The molecule has 1 heterocycles. The summed E-state index contributed by atoms with van der Waals surface area (Å²) >= 11 is 1.43. The van der Waals surface area contributed by atoms with E-state index in [-0.39, 0.29) is 0 Å². The van der Waals surface area contributed by atoms with E-state index in [4.69, 9.17) is 0 Å². The number of nitrogens with zero attached hydrogens (tertiary/aromatic N) is 2. The summed E-state index contributed by atoms with van der Waals surface area (Å²) in [6.07, 6.45) is 5.13. The Labute approximate surface area is 96.1 Å². The third kappa shape index (κ3) is 3.53. The highest BCUT2D eigenvalue weighted by atomic mass is 32.2. The molecule has 2 rings (SSSR count). The topological polar surface area (TPSA) is 54.9 Å². The van der Waals surface area contributed by atoms with E-state index in [1.54, 1.807) is 6.26 Å². The highest BCUT2D eigenvalue weighted by molar-refractivity contribution is 7.84. The van der Waals surface area contributed by atoms with Crippen LogP contribution in [0.4, 0.5) is 5.13 Å². The Kier molecular flexibility index (Phi) is 3.69. The van der Waals surface area contributed by atoms with Gasteiger partial charge in [-0.05, 0) is 19.3 Å². The summed E-state index contributed by atoms with van der Waals surface area (Å²) in [4.78, 5) is 4.41. The van der Waals surface area contributed by atoms with Crippen LogP contribution in [0, 0.1) is 0 Å². The molecule has 1 aromatic heterocycles. The van der Waals surface area contributed by atoms with E-state index in [0.29, 0.717) is 5.92 Å². The van der Waals surface area contributed by atoms with Crippen molar-refractivity contribution in [2.75, 3.05) is 23.9 Å². The lowest BCUT2D eigenvalue weighted by Crippen LogP contribution is -2.05. The Morgan fingerprint density at radius 1 is 1.60 bits per heavy atom. The Balaban J connectivity index is 1.71. The molecule has 15 heavy (non-hydrogen) atoms. The van der Waals surface area contributed by atoms with Crippen molar-refractivity contribution in [1.29, 1.82) is 0 Å². The number of hydrogen-bond acceptors (Lipinski definition) is 5. The van der Waals surface area contributed by atoms with Crippen LogP contribution in [0.1, 0.15) is 31.0 Å². The average molecular weight is 245 g/mol. The van der Waals surface area contributed by atoms with Crippen LogP contribution in [0.2, 0.25) is 0 Å². The van der Waals surface area contributed by atoms with E-state index in [9.17, 15) is 4.21 Å². The zero-order valence-corrected chi connectivity index (χ0v) is 10.4. The van der Waals surface area contributed by atoms with Crippen molar-refractivity contribution in [3.8, 4) is 0 Å². The highest BCUT2D eigenvalue weighted by Crippen LogP contribution is 2.39. The van der Waals surface area contributed by atoms with Crippen LogP contribution in [-0.4, -0.2) is 32.1 Å². The lowest BCUT2D eigenvalue weighted by Gasteiger charge is -1.99. The van der Waals surface area contributed by atoms with Crippen molar-refractivity contribution in [2.24, 2.45) is 0 Å². The fourth-order valence-corrected chi connectivity index (χ4v) is 2.51. The molecule has 1 saturated carbocycles. The summed E-state index contributed by atoms with van der Waals surface area (Å²) in [6.45, 7) is 0.832. The lowest BCUT2D eigenvalue weighted by atomic mass is 10.4. The predicted octanol–water partition coefficient (Wildman–Crippen LogP) is 1.60. The number of hydrogen-bond donors (Lipinski definition) is 1. The molecular formula is C9H15N3OS2. The van der Waals surface area contributed by atoms with Crippen LogP contribution in [0.15, 0.2) is 0 Å². The molecule has 4 nitrogen and oxygen atoms in total. The molecule has 1 N–H and O–H groups in total. The minimum Gasteiger partial charge on any atom is -0.360 e. The van der Waals surface area contributed by atoms with E-state index >= 15 is 0 Å². The maximum Gasteiger partial charge on any atom is 0.202 e. The number of nitrogens with one attached hydrogen (secondary N) is 1. The normalized spacial score (nSPS) is 17.7. The lowest BCUT2D eigenvalue weighted by molar-refractivity contribution is 0.685. The van der Waals surface area contributed by atoms with Gasteiger partial charge in [-0.3, -0.25) is 4.21 Å². The van der Waals surface area contributed by atoms with Gasteiger partial charge in [0.05, 0.1) is 0 Å². The van der Waals surface area contributed by atoms with Crippen LogP contribution < -0.4 is 5.32 Å². The first-order valence-electron chi connectivity index (χ1n) is 5.13. The zero-order valence-electron chi connectivity index (χ0n) is 8.73. The van der Waals surface area contributed by atoms with Gasteiger partial charge in [0, 0.05) is 46.8 Å². The van der Waals surface area contributed by atoms with E-state index in [1.165, 1.54) is 24.4 Å². The summed E-state index contributed by atoms with van der Waals surface area (Å²) in [5, 5.41) is 4.12. The summed E-state index contributed by atoms with van der Waals surface area (Å²) in [6, 6.07) is 0. The maximum atomic E-state index is 10.8. The van der Waals surface area contributed by atoms with Gasteiger partial charge in [-0.15, -0.1) is 0 Å². The fraction of sp³-hybridized carbons (Fsp3) is 0.778. The third-order valence-corrected chi connectivity index (χ3v) is 3.82. The molecule has 0 spiro atoms. The second kappa shape index (κ2) is 5.03. The minimum absolute atomic E-state index is 0.625. The van der Waals surface area contributed by atoms with Crippen molar-refractivity contribution in [3.05, 3.63) is 5.82 Å². The van der Waals surface area contributed by atoms with E-state index in [2.05, 4.69) is 14.7 Å². The summed E-state index contributed by atoms with van der Waals surface area (Å²) in [7, 11) is -0.688. The average Bonchev–Trinajstić information content (AvgIpc) is 2.94. The standard InChI is InChI=1S/C9H15N3OS2/c1-15(13)6-2-5-10-9-11-8(12-14-9)7-3-4-7/h7H,2-6H2,1H3,(H,10,11,12). The molecule has 1 aromatic rings. The van der Waals surface area contributed by atoms with Crippen molar-refractivity contribution in [3.63, 3.8) is 0 Å². The molecule has 0 amide bonds. The number of anilines is 1. The maximum absolute atomic E-state index is 10.8. The quantitative estimate of drug-likeness (QED) is 0.773. The van der Waals surface area contributed by atoms with Gasteiger partial charge in [-0.2, -0.15) is 4.37 Å². The first-order chi connectivity index (χ1) is 7.25. The van der Waals surface area contributed by atoms with Crippen molar-refractivity contribution in [2.45, 2.75) is 25.2 Å². The minimum atomic E-state index is -0.688. The Hall–Kier alpha value is -0.490. The molecule has 1 unspecified atom stereocenters. The second-order valence-electron chi connectivity index (χ2n) is 3.79. The van der Waals surface area contributed by atoms with Gasteiger partial charge in [-0.1, -0.05) is 0 Å². The first-order valence-corrected chi connectivity index (χ1v) is 7.63. The molecule has 84 valence electrons. The molecule has 0 aromatic carbocycles. The van der Waals surface area contributed by atoms with Crippen LogP contribution in [0.5, 0.6) is 0 Å².